The summed E-state index contributed by atoms with van der Waals surface area (Å²) in [5, 5.41) is 11.7. The van der Waals surface area contributed by atoms with Gasteiger partial charge in [0.05, 0.1) is 0 Å². The molecule has 0 aliphatic carbocycles. The summed E-state index contributed by atoms with van der Waals surface area (Å²) in [5.74, 6) is 0. The van der Waals surface area contributed by atoms with Gasteiger partial charge >= 0.3 is 12.2 Å². The molecule has 27 heavy (non-hydrogen) atoms. The fraction of sp³-hybridized carbons (Fsp3) is 0.600. The van der Waals surface area contributed by atoms with E-state index < -0.39 is 17.8 Å². The predicted molar refractivity (Wildman–Crippen MR) is 103 cm³/mol. The first-order chi connectivity index (χ1) is 12.7. The van der Waals surface area contributed by atoms with E-state index in [1.54, 1.807) is 32.6 Å². The summed E-state index contributed by atoms with van der Waals surface area (Å²) in [6.07, 6.45) is 0.277. The maximum atomic E-state index is 12.4. The quantitative estimate of drug-likeness (QED) is 0.642. The van der Waals surface area contributed by atoms with Crippen molar-refractivity contribution in [3.63, 3.8) is 0 Å². The Balaban J connectivity index is 2.51. The highest BCUT2D eigenvalue weighted by Crippen LogP contribution is 2.11. The van der Waals surface area contributed by atoms with E-state index in [9.17, 15) is 9.59 Å². The monoisotopic (exact) mass is 380 g/mol. The van der Waals surface area contributed by atoms with Gasteiger partial charge in [0.15, 0.2) is 0 Å². The van der Waals surface area contributed by atoms with Crippen LogP contribution in [0.25, 0.3) is 0 Å². The zero-order chi connectivity index (χ0) is 20.3. The summed E-state index contributed by atoms with van der Waals surface area (Å²) in [4.78, 5) is 25.9. The molecule has 0 spiro atoms. The van der Waals surface area contributed by atoms with E-state index in [4.69, 9.17) is 14.6 Å². The summed E-state index contributed by atoms with van der Waals surface area (Å²) in [6.45, 7) is 8.21. The average Bonchev–Trinajstić information content (AvgIpc) is 2.58. The van der Waals surface area contributed by atoms with E-state index in [1.165, 1.54) is 0 Å². The van der Waals surface area contributed by atoms with Crippen LogP contribution < -0.4 is 5.32 Å². The molecular weight excluding hydrogens is 348 g/mol. The molecule has 0 aromatic heterocycles. The Labute approximate surface area is 161 Å². The summed E-state index contributed by atoms with van der Waals surface area (Å²) in [5.41, 5.74) is 0.303. The smallest absolute Gasteiger partial charge is 0.410 e. The van der Waals surface area contributed by atoms with Crippen LogP contribution in [0.2, 0.25) is 0 Å². The molecule has 0 aliphatic rings. The Kier molecular flexibility index (Phi) is 9.64. The molecule has 2 amide bonds. The predicted octanol–water partition coefficient (Wildman–Crippen LogP) is 3.31. The highest BCUT2D eigenvalue weighted by molar-refractivity contribution is 5.69. The molecule has 7 heteroatoms. The number of alkyl carbamates (subject to hydrolysis) is 1. The Hall–Kier alpha value is -2.28. The van der Waals surface area contributed by atoms with Crippen LogP contribution in [-0.2, 0) is 16.1 Å². The Morgan fingerprint density at radius 3 is 2.44 bits per heavy atom. The number of aliphatic hydroxyl groups excluding tert-OH is 1. The van der Waals surface area contributed by atoms with Gasteiger partial charge in [0.1, 0.15) is 12.2 Å². The normalized spacial score (nSPS) is 12.2. The van der Waals surface area contributed by atoms with Crippen LogP contribution in [0.4, 0.5) is 9.59 Å². The van der Waals surface area contributed by atoms with Crippen LogP contribution in [0.15, 0.2) is 30.3 Å². The van der Waals surface area contributed by atoms with Gasteiger partial charge in [-0.2, -0.15) is 0 Å². The second kappa shape index (κ2) is 11.4. The fourth-order valence-electron chi connectivity index (χ4n) is 2.34. The zero-order valence-corrected chi connectivity index (χ0v) is 16.7. The van der Waals surface area contributed by atoms with Crippen molar-refractivity contribution in [3.8, 4) is 0 Å². The highest BCUT2D eigenvalue weighted by atomic mass is 16.6. The second-order valence-electron chi connectivity index (χ2n) is 7.46. The van der Waals surface area contributed by atoms with Crippen molar-refractivity contribution < 1.29 is 24.2 Å². The molecule has 2 N–H and O–H groups in total. The van der Waals surface area contributed by atoms with Crippen LogP contribution in [0, 0.1) is 0 Å². The van der Waals surface area contributed by atoms with Gasteiger partial charge in [-0.1, -0.05) is 30.3 Å². The van der Waals surface area contributed by atoms with Crippen LogP contribution in [0.3, 0.4) is 0 Å². The lowest BCUT2D eigenvalue weighted by atomic mass is 10.2. The topological polar surface area (TPSA) is 88.1 Å². The van der Waals surface area contributed by atoms with Crippen molar-refractivity contribution in [1.82, 2.24) is 10.2 Å². The van der Waals surface area contributed by atoms with Crippen LogP contribution in [0.5, 0.6) is 0 Å². The lowest BCUT2D eigenvalue weighted by molar-refractivity contribution is 0.0227. The van der Waals surface area contributed by atoms with Crippen molar-refractivity contribution in [2.75, 3.05) is 19.7 Å². The number of aliphatic hydroxyl groups is 1. The lowest BCUT2D eigenvalue weighted by Gasteiger charge is -2.29. The zero-order valence-electron chi connectivity index (χ0n) is 16.7. The largest absolute Gasteiger partial charge is 0.445 e. The molecule has 0 saturated carbocycles. The molecule has 0 bridgehead atoms. The van der Waals surface area contributed by atoms with E-state index in [2.05, 4.69) is 5.32 Å². The molecule has 1 aromatic carbocycles. The molecule has 1 atom stereocenters. The van der Waals surface area contributed by atoms with Gasteiger partial charge in [0.25, 0.3) is 0 Å². The summed E-state index contributed by atoms with van der Waals surface area (Å²) >= 11 is 0. The SMILES string of the molecule is CC(CN(CCCCO)C(=O)OC(C)(C)C)NC(=O)OCc1ccccc1. The van der Waals surface area contributed by atoms with Gasteiger partial charge < -0.3 is 24.8 Å². The van der Waals surface area contributed by atoms with E-state index >= 15 is 0 Å². The van der Waals surface area contributed by atoms with Crippen molar-refractivity contribution in [2.45, 2.75) is 58.8 Å². The van der Waals surface area contributed by atoms with Gasteiger partial charge in [0.2, 0.25) is 0 Å². The Morgan fingerprint density at radius 2 is 1.85 bits per heavy atom. The standard InChI is InChI=1S/C20H32N2O5/c1-16(21-18(24)26-15-17-10-6-5-7-11-17)14-22(12-8-9-13-23)19(25)27-20(2,3)4/h5-7,10-11,16,23H,8-9,12-15H2,1-4H3,(H,21,24). The number of hydrogen-bond donors (Lipinski definition) is 2. The minimum Gasteiger partial charge on any atom is -0.445 e. The highest BCUT2D eigenvalue weighted by Gasteiger charge is 2.24. The van der Waals surface area contributed by atoms with Crippen LogP contribution >= 0.6 is 0 Å². The van der Waals surface area contributed by atoms with Gasteiger partial charge in [-0.25, -0.2) is 9.59 Å². The van der Waals surface area contributed by atoms with E-state index in [0.29, 0.717) is 25.9 Å². The number of amides is 2. The third kappa shape index (κ3) is 10.5. The first-order valence-electron chi connectivity index (χ1n) is 9.27. The lowest BCUT2D eigenvalue weighted by Crippen LogP contribution is -2.46. The number of ether oxygens (including phenoxy) is 2. The first kappa shape index (κ1) is 22.8. The number of unbranched alkanes of at least 4 members (excludes halogenated alkanes) is 1. The minimum absolute atomic E-state index is 0.0712. The molecule has 0 aliphatic heterocycles. The molecule has 0 radical (unpaired) electrons. The van der Waals surface area contributed by atoms with Crippen molar-refractivity contribution >= 4 is 12.2 Å². The van der Waals surface area contributed by atoms with E-state index in [0.717, 1.165) is 5.56 Å². The molecule has 1 rings (SSSR count). The maximum absolute atomic E-state index is 12.4. The van der Waals surface area contributed by atoms with E-state index in [-0.39, 0.29) is 19.3 Å². The van der Waals surface area contributed by atoms with Gasteiger partial charge in [-0.05, 0) is 46.1 Å². The number of rotatable bonds is 9. The molecule has 1 aromatic rings. The summed E-state index contributed by atoms with van der Waals surface area (Å²) in [7, 11) is 0. The molecule has 1 unspecified atom stereocenters. The van der Waals surface area contributed by atoms with Crippen molar-refractivity contribution in [1.29, 1.82) is 0 Å². The summed E-state index contributed by atoms with van der Waals surface area (Å²) in [6, 6.07) is 9.10. The van der Waals surface area contributed by atoms with Crippen molar-refractivity contribution in [3.05, 3.63) is 35.9 Å². The Morgan fingerprint density at radius 1 is 1.19 bits per heavy atom. The van der Waals surface area contributed by atoms with E-state index in [1.807, 2.05) is 30.3 Å². The molecule has 0 fully saturated rings. The number of benzene rings is 1. The van der Waals surface area contributed by atoms with Crippen molar-refractivity contribution in [2.24, 2.45) is 0 Å². The Bertz CT molecular complexity index is 571. The fourth-order valence-corrected chi connectivity index (χ4v) is 2.34. The van der Waals surface area contributed by atoms with Crippen LogP contribution in [-0.4, -0.2) is 53.5 Å². The maximum Gasteiger partial charge on any atom is 0.410 e. The molecular formula is C20H32N2O5. The average molecular weight is 380 g/mol. The number of hydrogen-bond acceptors (Lipinski definition) is 5. The van der Waals surface area contributed by atoms with Gasteiger partial charge in [-0.3, -0.25) is 0 Å². The first-order valence-corrected chi connectivity index (χ1v) is 9.27. The number of carbonyl (C=O) groups excluding carboxylic acids is 2. The van der Waals surface area contributed by atoms with Gasteiger partial charge in [0, 0.05) is 25.7 Å². The summed E-state index contributed by atoms with van der Waals surface area (Å²) < 4.78 is 10.6. The number of nitrogens with zero attached hydrogens (tertiary/aromatic N) is 1. The second-order valence-corrected chi connectivity index (χ2v) is 7.46. The minimum atomic E-state index is -0.600. The number of carbonyl (C=O) groups is 2. The molecule has 0 saturated heterocycles. The van der Waals surface area contributed by atoms with Crippen LogP contribution in [0.1, 0.15) is 46.1 Å². The molecule has 152 valence electrons. The number of nitrogens with one attached hydrogen (secondary N) is 1. The molecule has 7 nitrogen and oxygen atoms in total. The third-order valence-electron chi connectivity index (χ3n) is 3.56. The third-order valence-corrected chi connectivity index (χ3v) is 3.56. The molecule has 0 heterocycles. The van der Waals surface area contributed by atoms with Gasteiger partial charge in [-0.15, -0.1) is 0 Å².